The van der Waals surface area contributed by atoms with Crippen LogP contribution in [0.4, 0.5) is 10.1 Å². The average Bonchev–Trinajstić information content (AvgIpc) is 3.15. The maximum absolute atomic E-state index is 14.0. The van der Waals surface area contributed by atoms with Gasteiger partial charge in [0.15, 0.2) is 0 Å². The van der Waals surface area contributed by atoms with Crippen LogP contribution < -0.4 is 4.90 Å². The molecule has 0 unspecified atom stereocenters. The van der Waals surface area contributed by atoms with Crippen LogP contribution in [0.25, 0.3) is 0 Å². The third kappa shape index (κ3) is 2.78. The van der Waals surface area contributed by atoms with Crippen molar-refractivity contribution in [2.45, 2.75) is 30.6 Å². The molecule has 0 spiro atoms. The van der Waals surface area contributed by atoms with E-state index in [2.05, 4.69) is 26.9 Å². The molecule has 4 heteroatoms. The van der Waals surface area contributed by atoms with Gasteiger partial charge < -0.3 is 4.90 Å². The maximum atomic E-state index is 14.0. The molecular weight excluding hydrogens is 283 g/mol. The summed E-state index contributed by atoms with van der Waals surface area (Å²) in [7, 11) is 0. The van der Waals surface area contributed by atoms with Crippen molar-refractivity contribution in [3.8, 4) is 6.07 Å². The molecule has 0 radical (unpaired) electrons. The van der Waals surface area contributed by atoms with Crippen LogP contribution in [0.5, 0.6) is 0 Å². The predicted octanol–water partition coefficient (Wildman–Crippen LogP) is 3.60. The number of halogens is 2. The number of hydrogen-bond acceptors (Lipinski definition) is 2. The van der Waals surface area contributed by atoms with Crippen molar-refractivity contribution in [1.82, 2.24) is 0 Å². The molecule has 1 saturated carbocycles. The molecule has 0 aliphatic heterocycles. The zero-order chi connectivity index (χ0) is 12.3. The molecule has 0 heterocycles. The van der Waals surface area contributed by atoms with E-state index in [9.17, 15) is 4.39 Å². The Morgan fingerprint density at radius 3 is 2.82 bits per heavy atom. The minimum atomic E-state index is -0.188. The first-order valence-electron chi connectivity index (χ1n) is 5.75. The van der Waals surface area contributed by atoms with Crippen molar-refractivity contribution in [2.24, 2.45) is 0 Å². The molecule has 2 nitrogen and oxygen atoms in total. The fourth-order valence-electron chi connectivity index (χ4n) is 2.02. The Morgan fingerprint density at radius 1 is 1.47 bits per heavy atom. The molecule has 1 fully saturated rings. The molecule has 1 aromatic rings. The van der Waals surface area contributed by atoms with Gasteiger partial charge in [0.25, 0.3) is 0 Å². The minimum Gasteiger partial charge on any atom is -0.365 e. The second-order valence-electron chi connectivity index (χ2n) is 4.21. The normalized spacial score (nSPS) is 14.4. The lowest BCUT2D eigenvalue weighted by Gasteiger charge is -2.26. The van der Waals surface area contributed by atoms with E-state index in [4.69, 9.17) is 5.26 Å². The molecule has 1 aliphatic rings. The lowest BCUT2D eigenvalue weighted by molar-refractivity contribution is 0.614. The molecule has 2 rings (SSSR count). The minimum absolute atomic E-state index is 0.188. The first-order valence-corrected chi connectivity index (χ1v) is 6.87. The van der Waals surface area contributed by atoms with Crippen LogP contribution in [0, 0.1) is 17.1 Å². The van der Waals surface area contributed by atoms with Crippen molar-refractivity contribution < 1.29 is 4.39 Å². The van der Waals surface area contributed by atoms with E-state index in [1.807, 2.05) is 6.07 Å². The first-order chi connectivity index (χ1) is 8.27. The molecule has 90 valence electrons. The molecule has 0 saturated heterocycles. The Kier molecular flexibility index (Phi) is 4.01. The van der Waals surface area contributed by atoms with Crippen molar-refractivity contribution in [2.75, 3.05) is 11.4 Å². The number of benzene rings is 1. The Morgan fingerprint density at radius 2 is 2.24 bits per heavy atom. The first kappa shape index (κ1) is 12.4. The summed E-state index contributed by atoms with van der Waals surface area (Å²) in [6, 6.07) is 7.69. The Balaban J connectivity index is 2.31. The topological polar surface area (TPSA) is 27.0 Å². The van der Waals surface area contributed by atoms with Crippen LogP contribution in [0.15, 0.2) is 18.2 Å². The molecule has 0 bridgehead atoms. The summed E-state index contributed by atoms with van der Waals surface area (Å²) >= 11 is 3.39. The second kappa shape index (κ2) is 5.50. The SMILES string of the molecule is N#CCCN(c1c(F)cccc1CBr)C1CC1. The van der Waals surface area contributed by atoms with E-state index < -0.39 is 0 Å². The zero-order valence-electron chi connectivity index (χ0n) is 9.50. The number of anilines is 1. The number of alkyl halides is 1. The van der Waals surface area contributed by atoms with Gasteiger partial charge in [0.2, 0.25) is 0 Å². The highest BCUT2D eigenvalue weighted by molar-refractivity contribution is 9.08. The quantitative estimate of drug-likeness (QED) is 0.776. The maximum Gasteiger partial charge on any atom is 0.146 e. The smallest absolute Gasteiger partial charge is 0.146 e. The Hall–Kier alpha value is -1.08. The van der Waals surface area contributed by atoms with Gasteiger partial charge in [-0.1, -0.05) is 28.1 Å². The second-order valence-corrected chi connectivity index (χ2v) is 4.77. The molecule has 17 heavy (non-hydrogen) atoms. The average molecular weight is 297 g/mol. The van der Waals surface area contributed by atoms with Crippen molar-refractivity contribution >= 4 is 21.6 Å². The number of rotatable bonds is 5. The van der Waals surface area contributed by atoms with Crippen LogP contribution in [-0.2, 0) is 5.33 Å². The van der Waals surface area contributed by atoms with E-state index >= 15 is 0 Å². The van der Waals surface area contributed by atoms with Crippen molar-refractivity contribution in [3.05, 3.63) is 29.6 Å². The highest BCUT2D eigenvalue weighted by Gasteiger charge is 2.31. The van der Waals surface area contributed by atoms with E-state index in [1.165, 1.54) is 6.07 Å². The van der Waals surface area contributed by atoms with Gasteiger partial charge in [0, 0.05) is 17.9 Å². The van der Waals surface area contributed by atoms with E-state index in [0.29, 0.717) is 30.0 Å². The molecule has 0 aromatic heterocycles. The van der Waals surface area contributed by atoms with E-state index in [0.717, 1.165) is 18.4 Å². The summed E-state index contributed by atoms with van der Waals surface area (Å²) in [6.07, 6.45) is 2.63. The summed E-state index contributed by atoms with van der Waals surface area (Å²) in [6.45, 7) is 0.613. The van der Waals surface area contributed by atoms with E-state index in [1.54, 1.807) is 6.07 Å². The van der Waals surface area contributed by atoms with Gasteiger partial charge in [-0.05, 0) is 24.5 Å². The Labute approximate surface area is 109 Å². The van der Waals surface area contributed by atoms with Gasteiger partial charge in [-0.3, -0.25) is 0 Å². The summed E-state index contributed by atoms with van der Waals surface area (Å²) in [5.41, 5.74) is 1.62. The van der Waals surface area contributed by atoms with Gasteiger partial charge in [0.05, 0.1) is 18.2 Å². The third-order valence-electron chi connectivity index (χ3n) is 2.95. The lowest BCUT2D eigenvalue weighted by atomic mass is 10.1. The summed E-state index contributed by atoms with van der Waals surface area (Å²) in [4.78, 5) is 2.05. The monoisotopic (exact) mass is 296 g/mol. The summed E-state index contributed by atoms with van der Waals surface area (Å²) in [5.74, 6) is -0.188. The van der Waals surface area contributed by atoms with Gasteiger partial charge in [0.1, 0.15) is 5.82 Å². The number of nitrogens with zero attached hydrogens (tertiary/aromatic N) is 2. The molecule has 0 N–H and O–H groups in total. The molecule has 0 amide bonds. The number of nitriles is 1. The van der Waals surface area contributed by atoms with Crippen LogP contribution >= 0.6 is 15.9 Å². The van der Waals surface area contributed by atoms with Crippen LogP contribution in [0.1, 0.15) is 24.8 Å². The zero-order valence-corrected chi connectivity index (χ0v) is 11.1. The third-order valence-corrected chi connectivity index (χ3v) is 3.56. The van der Waals surface area contributed by atoms with Crippen molar-refractivity contribution in [1.29, 1.82) is 5.26 Å². The number of hydrogen-bond donors (Lipinski definition) is 0. The van der Waals surface area contributed by atoms with E-state index in [-0.39, 0.29) is 5.82 Å². The van der Waals surface area contributed by atoms with Gasteiger partial charge >= 0.3 is 0 Å². The highest BCUT2D eigenvalue weighted by Crippen LogP contribution is 2.36. The van der Waals surface area contributed by atoms with Crippen molar-refractivity contribution in [3.63, 3.8) is 0 Å². The van der Waals surface area contributed by atoms with Crippen LogP contribution in [0.2, 0.25) is 0 Å². The number of para-hydroxylation sites is 1. The molecule has 0 atom stereocenters. The van der Waals surface area contributed by atoms with Crippen LogP contribution in [0.3, 0.4) is 0 Å². The predicted molar refractivity (Wildman–Crippen MR) is 69.6 cm³/mol. The van der Waals surface area contributed by atoms with Gasteiger partial charge in [-0.15, -0.1) is 0 Å². The molecule has 1 aliphatic carbocycles. The standard InChI is InChI=1S/C13H14BrFN2/c14-9-10-3-1-4-12(15)13(10)17(8-2-7-16)11-5-6-11/h1,3-4,11H,2,5-6,8-9H2. The Bertz CT molecular complexity index is 438. The summed E-state index contributed by atoms with van der Waals surface area (Å²) in [5, 5.41) is 9.32. The lowest BCUT2D eigenvalue weighted by Crippen LogP contribution is -2.28. The van der Waals surface area contributed by atoms with Gasteiger partial charge in [-0.25, -0.2) is 4.39 Å². The largest absolute Gasteiger partial charge is 0.365 e. The fourth-order valence-corrected chi connectivity index (χ4v) is 2.48. The van der Waals surface area contributed by atoms with Crippen LogP contribution in [-0.4, -0.2) is 12.6 Å². The molecular formula is C13H14BrFN2. The highest BCUT2D eigenvalue weighted by atomic mass is 79.9. The fraction of sp³-hybridized carbons (Fsp3) is 0.462. The van der Waals surface area contributed by atoms with Gasteiger partial charge in [-0.2, -0.15) is 5.26 Å². The summed E-state index contributed by atoms with van der Waals surface area (Å²) < 4.78 is 14.0. The molecule has 1 aromatic carbocycles.